The molecule has 4 aliphatic rings. The number of amides is 1. The zero-order valence-corrected chi connectivity index (χ0v) is 20.2. The second kappa shape index (κ2) is 11.4. The summed E-state index contributed by atoms with van der Waals surface area (Å²) in [7, 11) is -3.27. The van der Waals surface area contributed by atoms with Crippen molar-refractivity contribution in [3.63, 3.8) is 0 Å². The smallest absolute Gasteiger partial charge is 0.434 e. The van der Waals surface area contributed by atoms with E-state index >= 15 is 0 Å². The number of hydrogen-bond donors (Lipinski definition) is 2. The van der Waals surface area contributed by atoms with Gasteiger partial charge in [0.15, 0.2) is 15.5 Å². The second-order valence-electron chi connectivity index (χ2n) is 8.66. The number of carboxylic acid groups (broad SMARTS) is 2. The minimum absolute atomic E-state index is 0.156. The van der Waals surface area contributed by atoms with E-state index in [0.717, 1.165) is 37.0 Å². The summed E-state index contributed by atoms with van der Waals surface area (Å²) < 4.78 is 69.4. The fraction of sp³-hybridized carbons (Fsp3) is 0.571. The topological polar surface area (TPSA) is 167 Å². The first kappa shape index (κ1) is 28.3. The SMILES string of the molecule is O=C(O)C=CC(=O)O.O=C(c1cnc(OC2CN3CCC2CC3)nc1C(F)(F)F)N1CCS(=O)(=O)CC1. The number of ether oxygens (including phenoxy) is 1. The molecule has 12 nitrogen and oxygen atoms in total. The highest BCUT2D eigenvalue weighted by atomic mass is 32.2. The molecule has 204 valence electrons. The van der Waals surface area contributed by atoms with Gasteiger partial charge in [-0.05, 0) is 31.8 Å². The summed E-state index contributed by atoms with van der Waals surface area (Å²) in [6.45, 7) is 2.22. The summed E-state index contributed by atoms with van der Waals surface area (Å²) in [6, 6.07) is -0.395. The van der Waals surface area contributed by atoms with Crippen LogP contribution in [0.3, 0.4) is 0 Å². The predicted octanol–water partition coefficient (Wildman–Crippen LogP) is 0.551. The van der Waals surface area contributed by atoms with Crippen LogP contribution in [0.15, 0.2) is 18.3 Å². The van der Waals surface area contributed by atoms with E-state index in [4.69, 9.17) is 14.9 Å². The highest BCUT2D eigenvalue weighted by molar-refractivity contribution is 7.91. The highest BCUT2D eigenvalue weighted by Gasteiger charge is 2.41. The quantitative estimate of drug-likeness (QED) is 0.491. The fourth-order valence-electron chi connectivity index (χ4n) is 4.20. The van der Waals surface area contributed by atoms with Crippen molar-refractivity contribution in [3.05, 3.63) is 29.6 Å². The molecule has 1 atom stereocenters. The number of carboxylic acids is 2. The first-order chi connectivity index (χ1) is 17.2. The lowest BCUT2D eigenvalue weighted by atomic mass is 9.86. The molecule has 4 aliphatic heterocycles. The molecule has 1 unspecified atom stereocenters. The maximum atomic E-state index is 13.6. The van der Waals surface area contributed by atoms with Gasteiger partial charge in [-0.3, -0.25) is 9.69 Å². The van der Waals surface area contributed by atoms with Crippen LogP contribution in [0.1, 0.15) is 28.9 Å². The van der Waals surface area contributed by atoms with Gasteiger partial charge in [-0.1, -0.05) is 0 Å². The Morgan fingerprint density at radius 1 is 1.03 bits per heavy atom. The number of carbonyl (C=O) groups is 3. The number of hydrogen-bond acceptors (Lipinski definition) is 9. The molecule has 2 N–H and O–H groups in total. The first-order valence-electron chi connectivity index (χ1n) is 11.2. The molecular weight excluding hydrogens is 525 g/mol. The van der Waals surface area contributed by atoms with Crippen LogP contribution in [-0.2, 0) is 25.6 Å². The zero-order valence-electron chi connectivity index (χ0n) is 19.4. The molecule has 1 aromatic rings. The summed E-state index contributed by atoms with van der Waals surface area (Å²) in [5, 5.41) is 15.6. The Morgan fingerprint density at radius 2 is 1.59 bits per heavy atom. The Labute approximate surface area is 209 Å². The molecule has 0 aliphatic carbocycles. The van der Waals surface area contributed by atoms with Crippen molar-refractivity contribution in [3.8, 4) is 6.01 Å². The van der Waals surface area contributed by atoms with E-state index in [9.17, 15) is 36.0 Å². The third-order valence-corrected chi connectivity index (χ3v) is 7.73. The summed E-state index contributed by atoms with van der Waals surface area (Å²) in [4.78, 5) is 42.4. The van der Waals surface area contributed by atoms with Crippen LogP contribution in [0.5, 0.6) is 6.01 Å². The molecule has 1 amide bonds. The number of aliphatic carboxylic acids is 2. The number of nitrogens with zero attached hydrogens (tertiary/aromatic N) is 4. The van der Waals surface area contributed by atoms with Crippen LogP contribution in [0, 0.1) is 5.92 Å². The van der Waals surface area contributed by atoms with Crippen LogP contribution in [0.2, 0.25) is 0 Å². The minimum atomic E-state index is -4.87. The lowest BCUT2D eigenvalue weighted by Crippen LogP contribution is -2.52. The maximum Gasteiger partial charge on any atom is 0.434 e. The van der Waals surface area contributed by atoms with Crippen LogP contribution < -0.4 is 4.74 Å². The number of rotatable bonds is 5. The van der Waals surface area contributed by atoms with Crippen molar-refractivity contribution in [2.24, 2.45) is 5.92 Å². The van der Waals surface area contributed by atoms with Crippen molar-refractivity contribution in [1.29, 1.82) is 0 Å². The molecule has 1 aromatic heterocycles. The number of carbonyl (C=O) groups excluding carboxylic acids is 1. The molecule has 0 saturated carbocycles. The number of sulfone groups is 1. The van der Waals surface area contributed by atoms with Crippen LogP contribution in [-0.4, -0.2) is 107 Å². The Bertz CT molecular complexity index is 1140. The van der Waals surface area contributed by atoms with E-state index in [1.807, 2.05) is 0 Å². The monoisotopic (exact) mass is 550 g/mol. The minimum Gasteiger partial charge on any atom is -0.478 e. The van der Waals surface area contributed by atoms with E-state index in [0.29, 0.717) is 18.7 Å². The van der Waals surface area contributed by atoms with Gasteiger partial charge in [0.05, 0.1) is 17.1 Å². The highest BCUT2D eigenvalue weighted by Crippen LogP contribution is 2.34. The third kappa shape index (κ3) is 7.85. The number of aromatic nitrogens is 2. The summed E-state index contributed by atoms with van der Waals surface area (Å²) in [6.07, 6.45) is -1.35. The third-order valence-electron chi connectivity index (χ3n) is 6.12. The van der Waals surface area contributed by atoms with Gasteiger partial charge < -0.3 is 19.8 Å². The van der Waals surface area contributed by atoms with Gasteiger partial charge in [-0.15, -0.1) is 0 Å². The lowest BCUT2D eigenvalue weighted by molar-refractivity contribution is -0.142. The second-order valence-corrected chi connectivity index (χ2v) is 11.0. The largest absolute Gasteiger partial charge is 0.478 e. The zero-order chi connectivity index (χ0) is 27.4. The average molecular weight is 551 g/mol. The van der Waals surface area contributed by atoms with E-state index < -0.39 is 51.1 Å². The molecule has 37 heavy (non-hydrogen) atoms. The normalized spacial score (nSPS) is 24.7. The molecule has 0 radical (unpaired) electrons. The van der Waals surface area contributed by atoms with Gasteiger partial charge in [-0.25, -0.2) is 23.0 Å². The van der Waals surface area contributed by atoms with Gasteiger partial charge in [0.25, 0.3) is 5.91 Å². The summed E-state index contributed by atoms with van der Waals surface area (Å²) in [5.74, 6) is -3.74. The van der Waals surface area contributed by atoms with E-state index in [1.165, 1.54) is 0 Å². The van der Waals surface area contributed by atoms with E-state index in [1.54, 1.807) is 0 Å². The molecule has 2 bridgehead atoms. The Kier molecular flexibility index (Phi) is 8.73. The molecule has 5 rings (SSSR count). The van der Waals surface area contributed by atoms with Crippen molar-refractivity contribution in [2.45, 2.75) is 25.1 Å². The molecular formula is C21H25F3N4O8S. The summed E-state index contributed by atoms with van der Waals surface area (Å²) in [5.41, 5.74) is -2.06. The van der Waals surface area contributed by atoms with E-state index in [2.05, 4.69) is 14.9 Å². The lowest BCUT2D eigenvalue weighted by Gasteiger charge is -2.43. The average Bonchev–Trinajstić information content (AvgIpc) is 2.83. The van der Waals surface area contributed by atoms with Crippen molar-refractivity contribution < 1.29 is 50.9 Å². The fourth-order valence-corrected chi connectivity index (χ4v) is 5.40. The molecule has 4 fully saturated rings. The first-order valence-corrected chi connectivity index (χ1v) is 13.0. The number of piperidine rings is 3. The van der Waals surface area contributed by atoms with Gasteiger partial charge in [0, 0.05) is 38.0 Å². The summed E-state index contributed by atoms with van der Waals surface area (Å²) >= 11 is 0. The predicted molar refractivity (Wildman–Crippen MR) is 120 cm³/mol. The maximum absolute atomic E-state index is 13.6. The Balaban J connectivity index is 0.000000414. The standard InChI is InChI=1S/C17H21F3N4O4S.C4H4O4/c18-17(19,20)14-12(15(25)24-5-7-29(26,27)8-6-24)9-21-16(22-14)28-13-10-23-3-1-11(13)2-4-23;5-3(6)1-2-4(7)8/h9,11,13H,1-8,10H2;1-2H,(H,5,6)(H,7,8). The molecule has 5 heterocycles. The number of fused-ring (bicyclic) bond motifs is 3. The van der Waals surface area contributed by atoms with Crippen LogP contribution in [0.25, 0.3) is 0 Å². The van der Waals surface area contributed by atoms with Crippen molar-refractivity contribution >= 4 is 27.7 Å². The molecule has 0 aromatic carbocycles. The van der Waals surface area contributed by atoms with Crippen LogP contribution in [0.4, 0.5) is 13.2 Å². The molecule has 4 saturated heterocycles. The Hall–Kier alpha value is -3.27. The van der Waals surface area contributed by atoms with E-state index in [-0.39, 0.29) is 36.6 Å². The van der Waals surface area contributed by atoms with Gasteiger partial charge in [0.1, 0.15) is 6.10 Å². The van der Waals surface area contributed by atoms with Crippen molar-refractivity contribution in [1.82, 2.24) is 19.8 Å². The number of halogens is 3. The number of alkyl halides is 3. The van der Waals surface area contributed by atoms with Gasteiger partial charge >= 0.3 is 24.1 Å². The molecule has 0 spiro atoms. The van der Waals surface area contributed by atoms with Gasteiger partial charge in [-0.2, -0.15) is 18.2 Å². The van der Waals surface area contributed by atoms with Crippen LogP contribution >= 0.6 is 0 Å². The van der Waals surface area contributed by atoms with Gasteiger partial charge in [0.2, 0.25) is 0 Å². The Morgan fingerprint density at radius 3 is 2.05 bits per heavy atom. The molecule has 16 heteroatoms. The van der Waals surface area contributed by atoms with Crippen molar-refractivity contribution in [2.75, 3.05) is 44.2 Å².